The van der Waals surface area contributed by atoms with Gasteiger partial charge in [-0.1, -0.05) is 25.1 Å². The molecule has 0 saturated heterocycles. The van der Waals surface area contributed by atoms with Gasteiger partial charge < -0.3 is 10.1 Å². The summed E-state index contributed by atoms with van der Waals surface area (Å²) in [5.41, 5.74) is 2.69. The molecule has 0 spiro atoms. The second-order valence-corrected chi connectivity index (χ2v) is 7.45. The topological polar surface area (TPSA) is 47.0 Å². The van der Waals surface area contributed by atoms with Crippen molar-refractivity contribution < 1.29 is 4.74 Å². The van der Waals surface area contributed by atoms with E-state index in [-0.39, 0.29) is 0 Å². The summed E-state index contributed by atoms with van der Waals surface area (Å²) in [7, 11) is 1.72. The third-order valence-electron chi connectivity index (χ3n) is 4.81. The molecule has 25 heavy (non-hydrogen) atoms. The molecule has 5 heteroatoms. The molecule has 2 heterocycles. The Morgan fingerprint density at radius 3 is 2.92 bits per heavy atom. The molecule has 0 aliphatic heterocycles. The van der Waals surface area contributed by atoms with Gasteiger partial charge in [-0.15, -0.1) is 11.3 Å². The minimum absolute atomic E-state index is 0.834. The van der Waals surface area contributed by atoms with Gasteiger partial charge in [0.05, 0.1) is 12.5 Å². The van der Waals surface area contributed by atoms with Crippen LogP contribution in [0.15, 0.2) is 24.3 Å². The van der Waals surface area contributed by atoms with Crippen molar-refractivity contribution >= 4 is 27.4 Å². The third kappa shape index (κ3) is 3.09. The van der Waals surface area contributed by atoms with Gasteiger partial charge in [0.1, 0.15) is 22.2 Å². The van der Waals surface area contributed by atoms with Crippen LogP contribution in [0.3, 0.4) is 0 Å². The molecular formula is C20H23N3OS. The Morgan fingerprint density at radius 2 is 2.08 bits per heavy atom. The van der Waals surface area contributed by atoms with E-state index in [1.54, 1.807) is 7.11 Å². The first kappa shape index (κ1) is 16.3. The van der Waals surface area contributed by atoms with Crippen LogP contribution in [-0.2, 0) is 25.7 Å². The van der Waals surface area contributed by atoms with Gasteiger partial charge in [-0.05, 0) is 42.9 Å². The highest BCUT2D eigenvalue weighted by molar-refractivity contribution is 7.19. The molecule has 3 aromatic rings. The van der Waals surface area contributed by atoms with E-state index in [1.165, 1.54) is 34.2 Å². The number of hydrogen-bond acceptors (Lipinski definition) is 5. The van der Waals surface area contributed by atoms with E-state index in [9.17, 15) is 0 Å². The number of aromatic nitrogens is 2. The second kappa shape index (κ2) is 7.00. The number of benzene rings is 1. The molecule has 0 saturated carbocycles. The van der Waals surface area contributed by atoms with Crippen molar-refractivity contribution in [3.05, 3.63) is 46.1 Å². The van der Waals surface area contributed by atoms with Crippen LogP contribution in [0.5, 0.6) is 5.75 Å². The first-order valence-electron chi connectivity index (χ1n) is 8.97. The third-order valence-corrected chi connectivity index (χ3v) is 5.99. The van der Waals surface area contributed by atoms with E-state index in [4.69, 9.17) is 14.7 Å². The highest BCUT2D eigenvalue weighted by Gasteiger charge is 2.22. The SMILES string of the molecule is CCc1nc(NCCc2ccccc2OC)c2c3c(sc2n1)CCC3. The smallest absolute Gasteiger partial charge is 0.138 e. The maximum Gasteiger partial charge on any atom is 0.138 e. The zero-order chi connectivity index (χ0) is 17.2. The van der Waals surface area contributed by atoms with Gasteiger partial charge in [-0.25, -0.2) is 9.97 Å². The van der Waals surface area contributed by atoms with Gasteiger partial charge in [0.15, 0.2) is 0 Å². The monoisotopic (exact) mass is 353 g/mol. The molecule has 0 radical (unpaired) electrons. The number of nitrogens with one attached hydrogen (secondary N) is 1. The molecule has 4 rings (SSSR count). The Hall–Kier alpha value is -2.14. The Kier molecular flexibility index (Phi) is 4.57. The lowest BCUT2D eigenvalue weighted by Gasteiger charge is -2.11. The summed E-state index contributed by atoms with van der Waals surface area (Å²) in [5, 5.41) is 4.84. The summed E-state index contributed by atoms with van der Waals surface area (Å²) in [6.45, 7) is 2.95. The van der Waals surface area contributed by atoms with Crippen molar-refractivity contribution in [2.24, 2.45) is 0 Å². The van der Waals surface area contributed by atoms with Crippen molar-refractivity contribution in [1.82, 2.24) is 9.97 Å². The summed E-state index contributed by atoms with van der Waals surface area (Å²) in [5.74, 6) is 2.88. The number of fused-ring (bicyclic) bond motifs is 3. The summed E-state index contributed by atoms with van der Waals surface area (Å²) in [6, 6.07) is 8.20. The minimum Gasteiger partial charge on any atom is -0.496 e. The molecule has 0 amide bonds. The van der Waals surface area contributed by atoms with Gasteiger partial charge in [-0.3, -0.25) is 0 Å². The normalized spacial score (nSPS) is 13.2. The summed E-state index contributed by atoms with van der Waals surface area (Å²) in [4.78, 5) is 12.2. The first-order valence-corrected chi connectivity index (χ1v) is 9.78. The van der Waals surface area contributed by atoms with E-state index in [1.807, 2.05) is 23.5 Å². The van der Waals surface area contributed by atoms with E-state index in [0.29, 0.717) is 0 Å². The van der Waals surface area contributed by atoms with Crippen molar-refractivity contribution in [2.75, 3.05) is 19.0 Å². The highest BCUT2D eigenvalue weighted by Crippen LogP contribution is 2.39. The van der Waals surface area contributed by atoms with E-state index >= 15 is 0 Å². The molecule has 1 aliphatic carbocycles. The summed E-state index contributed by atoms with van der Waals surface area (Å²) >= 11 is 1.85. The molecule has 4 nitrogen and oxygen atoms in total. The molecule has 0 unspecified atom stereocenters. The molecule has 0 bridgehead atoms. The predicted molar refractivity (Wildman–Crippen MR) is 104 cm³/mol. The number of ether oxygens (including phenoxy) is 1. The average Bonchev–Trinajstić information content (AvgIpc) is 3.22. The standard InChI is InChI=1S/C20H23N3OS/c1-3-17-22-19(18-14-8-6-10-16(14)25-20(18)23-17)21-12-11-13-7-4-5-9-15(13)24-2/h4-5,7,9H,3,6,8,10-12H2,1-2H3,(H,21,22,23). The Morgan fingerprint density at radius 1 is 1.20 bits per heavy atom. The number of nitrogens with zero attached hydrogens (tertiary/aromatic N) is 2. The quantitative estimate of drug-likeness (QED) is 0.713. The van der Waals surface area contributed by atoms with Crippen LogP contribution in [0.2, 0.25) is 0 Å². The first-order chi connectivity index (χ1) is 12.3. The molecule has 0 fully saturated rings. The highest BCUT2D eigenvalue weighted by atomic mass is 32.1. The Bertz CT molecular complexity index is 903. The maximum absolute atomic E-state index is 5.45. The van der Waals surface area contributed by atoms with Gasteiger partial charge in [-0.2, -0.15) is 0 Å². The number of thiophene rings is 1. The minimum atomic E-state index is 0.834. The fourth-order valence-electron chi connectivity index (χ4n) is 3.55. The molecular weight excluding hydrogens is 330 g/mol. The molecule has 1 aliphatic rings. The van der Waals surface area contributed by atoms with E-state index in [0.717, 1.165) is 48.0 Å². The Balaban J connectivity index is 1.60. The Labute approximate surface area is 152 Å². The molecule has 130 valence electrons. The lowest BCUT2D eigenvalue weighted by molar-refractivity contribution is 0.410. The number of anilines is 1. The summed E-state index contributed by atoms with van der Waals surface area (Å²) < 4.78 is 5.45. The van der Waals surface area contributed by atoms with Crippen LogP contribution < -0.4 is 10.1 Å². The molecule has 1 aromatic carbocycles. The molecule has 0 atom stereocenters. The van der Waals surface area contributed by atoms with Crippen molar-refractivity contribution in [3.63, 3.8) is 0 Å². The van der Waals surface area contributed by atoms with E-state index in [2.05, 4.69) is 24.4 Å². The number of para-hydroxylation sites is 1. The number of rotatable bonds is 6. The van der Waals surface area contributed by atoms with Crippen LogP contribution in [0, 0.1) is 0 Å². The van der Waals surface area contributed by atoms with Crippen LogP contribution in [0.1, 0.15) is 35.2 Å². The van der Waals surface area contributed by atoms with Crippen LogP contribution in [0.4, 0.5) is 5.82 Å². The second-order valence-electron chi connectivity index (χ2n) is 6.37. The van der Waals surface area contributed by atoms with Crippen LogP contribution in [0.25, 0.3) is 10.2 Å². The van der Waals surface area contributed by atoms with E-state index < -0.39 is 0 Å². The van der Waals surface area contributed by atoms with Crippen molar-refractivity contribution in [1.29, 1.82) is 0 Å². The van der Waals surface area contributed by atoms with Crippen molar-refractivity contribution in [2.45, 2.75) is 39.0 Å². The van der Waals surface area contributed by atoms with Crippen molar-refractivity contribution in [3.8, 4) is 5.75 Å². The zero-order valence-corrected chi connectivity index (χ0v) is 15.6. The van der Waals surface area contributed by atoms with Gasteiger partial charge in [0.25, 0.3) is 0 Å². The van der Waals surface area contributed by atoms with Gasteiger partial charge in [0.2, 0.25) is 0 Å². The van der Waals surface area contributed by atoms with Gasteiger partial charge in [0, 0.05) is 17.8 Å². The molecule has 2 aromatic heterocycles. The maximum atomic E-state index is 5.45. The summed E-state index contributed by atoms with van der Waals surface area (Å²) in [6.07, 6.45) is 5.38. The molecule has 1 N–H and O–H groups in total. The number of methoxy groups -OCH3 is 1. The average molecular weight is 353 g/mol. The zero-order valence-electron chi connectivity index (χ0n) is 14.8. The fraction of sp³-hybridized carbons (Fsp3) is 0.400. The number of hydrogen-bond donors (Lipinski definition) is 1. The lowest BCUT2D eigenvalue weighted by atomic mass is 10.1. The largest absolute Gasteiger partial charge is 0.496 e. The van der Waals surface area contributed by atoms with Crippen LogP contribution in [-0.4, -0.2) is 23.6 Å². The number of aryl methyl sites for hydroxylation is 3. The predicted octanol–water partition coefficient (Wildman–Crippen LogP) is 4.41. The lowest BCUT2D eigenvalue weighted by Crippen LogP contribution is -2.09. The fourth-order valence-corrected chi connectivity index (χ4v) is 4.83. The van der Waals surface area contributed by atoms with Crippen LogP contribution >= 0.6 is 11.3 Å². The van der Waals surface area contributed by atoms with Gasteiger partial charge >= 0.3 is 0 Å².